The highest BCUT2D eigenvalue weighted by atomic mass is 14.8. The van der Waals surface area contributed by atoms with Crippen LogP contribution in [0.25, 0.3) is 0 Å². The van der Waals surface area contributed by atoms with Gasteiger partial charge in [0.2, 0.25) is 0 Å². The lowest BCUT2D eigenvalue weighted by Gasteiger charge is -2.12. The SMILES string of the molecule is CCCCCCC(=Nc1ccc(CC)c(CC)c1)C(CC)=Nc1ccc(CC)c(CC)c1. The lowest BCUT2D eigenvalue weighted by atomic mass is 10.0. The smallest absolute Gasteiger partial charge is 0.0636 e. The van der Waals surface area contributed by atoms with Crippen LogP contribution in [0.15, 0.2) is 46.4 Å². The molecule has 0 radical (unpaired) electrons. The molecular weight excluding hydrogens is 388 g/mol. The molecule has 0 fully saturated rings. The first kappa shape index (κ1) is 26.0. The summed E-state index contributed by atoms with van der Waals surface area (Å²) in [6.45, 7) is 13.4. The van der Waals surface area contributed by atoms with Gasteiger partial charge in [-0.05, 0) is 91.5 Å². The lowest BCUT2D eigenvalue weighted by molar-refractivity contribution is 0.684. The van der Waals surface area contributed by atoms with Gasteiger partial charge in [0.15, 0.2) is 0 Å². The number of benzene rings is 2. The Labute approximate surface area is 197 Å². The molecule has 32 heavy (non-hydrogen) atoms. The van der Waals surface area contributed by atoms with Gasteiger partial charge in [0.25, 0.3) is 0 Å². The molecule has 2 aromatic carbocycles. The van der Waals surface area contributed by atoms with Crippen molar-refractivity contribution in [3.05, 3.63) is 58.7 Å². The van der Waals surface area contributed by atoms with Crippen molar-refractivity contribution in [2.75, 3.05) is 0 Å². The van der Waals surface area contributed by atoms with Gasteiger partial charge in [-0.2, -0.15) is 0 Å². The Morgan fingerprint density at radius 2 is 1.06 bits per heavy atom. The average molecular weight is 433 g/mol. The summed E-state index contributed by atoms with van der Waals surface area (Å²) in [5, 5.41) is 0. The van der Waals surface area contributed by atoms with Crippen molar-refractivity contribution in [2.45, 2.75) is 106 Å². The second-order valence-corrected chi connectivity index (χ2v) is 8.60. The van der Waals surface area contributed by atoms with E-state index in [1.54, 1.807) is 0 Å². The molecule has 0 aliphatic rings. The summed E-state index contributed by atoms with van der Waals surface area (Å²) >= 11 is 0. The first-order valence-corrected chi connectivity index (χ1v) is 13.0. The maximum Gasteiger partial charge on any atom is 0.0636 e. The molecular formula is C30H44N2. The number of aliphatic imine (C=N–C) groups is 2. The summed E-state index contributed by atoms with van der Waals surface area (Å²) in [5.41, 5.74) is 10.1. The second-order valence-electron chi connectivity index (χ2n) is 8.60. The molecule has 2 aromatic rings. The Balaban J connectivity index is 2.45. The van der Waals surface area contributed by atoms with Gasteiger partial charge >= 0.3 is 0 Å². The van der Waals surface area contributed by atoms with E-state index in [-0.39, 0.29) is 0 Å². The normalized spacial score (nSPS) is 12.4. The second kappa shape index (κ2) is 14.0. The number of hydrogen-bond acceptors (Lipinski definition) is 2. The molecule has 0 saturated heterocycles. The van der Waals surface area contributed by atoms with Crippen molar-refractivity contribution < 1.29 is 0 Å². The van der Waals surface area contributed by atoms with Gasteiger partial charge < -0.3 is 0 Å². The van der Waals surface area contributed by atoms with Crippen LogP contribution in [0, 0.1) is 0 Å². The molecule has 0 spiro atoms. The van der Waals surface area contributed by atoms with Gasteiger partial charge in [-0.25, -0.2) is 0 Å². The van der Waals surface area contributed by atoms with Crippen molar-refractivity contribution >= 4 is 22.8 Å². The van der Waals surface area contributed by atoms with E-state index in [0.717, 1.165) is 61.3 Å². The van der Waals surface area contributed by atoms with E-state index in [0.29, 0.717) is 0 Å². The molecule has 2 heteroatoms. The molecule has 0 aliphatic heterocycles. The third-order valence-corrected chi connectivity index (χ3v) is 6.37. The van der Waals surface area contributed by atoms with Gasteiger partial charge in [-0.3, -0.25) is 9.98 Å². The zero-order valence-corrected chi connectivity index (χ0v) is 21.4. The van der Waals surface area contributed by atoms with E-state index in [4.69, 9.17) is 9.98 Å². The zero-order valence-electron chi connectivity index (χ0n) is 21.4. The van der Waals surface area contributed by atoms with E-state index >= 15 is 0 Å². The van der Waals surface area contributed by atoms with Crippen LogP contribution in [0.5, 0.6) is 0 Å². The molecule has 0 unspecified atom stereocenters. The van der Waals surface area contributed by atoms with Crippen LogP contribution in [0.2, 0.25) is 0 Å². The van der Waals surface area contributed by atoms with Crippen LogP contribution in [-0.2, 0) is 25.7 Å². The third-order valence-electron chi connectivity index (χ3n) is 6.37. The fourth-order valence-corrected chi connectivity index (χ4v) is 4.36. The van der Waals surface area contributed by atoms with Gasteiger partial charge in [-0.1, -0.05) is 72.9 Å². The van der Waals surface area contributed by atoms with E-state index in [1.807, 2.05) is 0 Å². The van der Waals surface area contributed by atoms with Gasteiger partial charge in [0, 0.05) is 0 Å². The summed E-state index contributed by atoms with van der Waals surface area (Å²) in [6, 6.07) is 13.4. The zero-order chi connectivity index (χ0) is 23.3. The quantitative estimate of drug-likeness (QED) is 0.223. The highest BCUT2D eigenvalue weighted by Crippen LogP contribution is 2.24. The van der Waals surface area contributed by atoms with Gasteiger partial charge in [0.1, 0.15) is 0 Å². The molecule has 0 aromatic heterocycles. The monoisotopic (exact) mass is 432 g/mol. The van der Waals surface area contributed by atoms with Crippen LogP contribution in [0.1, 0.15) is 102 Å². The Morgan fingerprint density at radius 3 is 1.50 bits per heavy atom. The van der Waals surface area contributed by atoms with Gasteiger partial charge in [0.05, 0.1) is 22.8 Å². The van der Waals surface area contributed by atoms with Crippen LogP contribution in [0.3, 0.4) is 0 Å². The highest BCUT2D eigenvalue weighted by Gasteiger charge is 2.10. The van der Waals surface area contributed by atoms with E-state index in [1.165, 1.54) is 47.9 Å². The highest BCUT2D eigenvalue weighted by molar-refractivity contribution is 6.43. The van der Waals surface area contributed by atoms with Crippen LogP contribution in [0.4, 0.5) is 11.4 Å². The molecule has 0 bridgehead atoms. The number of aryl methyl sites for hydroxylation is 4. The van der Waals surface area contributed by atoms with E-state index < -0.39 is 0 Å². The molecule has 0 atom stereocenters. The Kier molecular flexibility index (Phi) is 11.4. The number of rotatable bonds is 13. The molecule has 0 aliphatic carbocycles. The van der Waals surface area contributed by atoms with Crippen molar-refractivity contribution in [3.8, 4) is 0 Å². The van der Waals surface area contributed by atoms with Gasteiger partial charge in [-0.15, -0.1) is 0 Å². The first-order valence-electron chi connectivity index (χ1n) is 13.0. The predicted octanol–water partition coefficient (Wildman–Crippen LogP) is 9.16. The molecule has 174 valence electrons. The summed E-state index contributed by atoms with van der Waals surface area (Å²) < 4.78 is 0. The van der Waals surface area contributed by atoms with Crippen molar-refractivity contribution in [2.24, 2.45) is 9.98 Å². The topological polar surface area (TPSA) is 24.7 Å². The van der Waals surface area contributed by atoms with Crippen molar-refractivity contribution in [1.29, 1.82) is 0 Å². The lowest BCUT2D eigenvalue weighted by Crippen LogP contribution is -2.13. The minimum absolute atomic E-state index is 0.900. The van der Waals surface area contributed by atoms with Crippen LogP contribution in [-0.4, -0.2) is 11.4 Å². The Hall–Kier alpha value is -2.22. The minimum atomic E-state index is 0.900. The molecule has 0 heterocycles. The van der Waals surface area contributed by atoms with Crippen molar-refractivity contribution in [3.63, 3.8) is 0 Å². The summed E-state index contributed by atoms with van der Waals surface area (Å²) in [7, 11) is 0. The molecule has 0 N–H and O–H groups in total. The number of unbranched alkanes of at least 4 members (excludes halogenated alkanes) is 3. The van der Waals surface area contributed by atoms with Crippen molar-refractivity contribution in [1.82, 2.24) is 0 Å². The molecule has 0 amide bonds. The largest absolute Gasteiger partial charge is 0.252 e. The average Bonchev–Trinajstić information content (AvgIpc) is 2.84. The fraction of sp³-hybridized carbons (Fsp3) is 0.533. The number of nitrogens with zero attached hydrogens (tertiary/aromatic N) is 2. The fourth-order valence-electron chi connectivity index (χ4n) is 4.36. The standard InChI is InChI=1S/C30H44N2/c1-7-13-14-15-16-30(32-28-20-18-24(9-3)26(11-5)22-28)29(12-6)31-27-19-17-23(8-2)25(10-4)21-27/h17-22H,7-16H2,1-6H3. The summed E-state index contributed by atoms with van der Waals surface area (Å²) in [6.07, 6.45) is 11.1. The Bertz CT molecular complexity index is 905. The summed E-state index contributed by atoms with van der Waals surface area (Å²) in [4.78, 5) is 10.3. The van der Waals surface area contributed by atoms with Crippen LogP contribution < -0.4 is 0 Å². The van der Waals surface area contributed by atoms with E-state index in [9.17, 15) is 0 Å². The summed E-state index contributed by atoms with van der Waals surface area (Å²) in [5.74, 6) is 0. The van der Waals surface area contributed by atoms with E-state index in [2.05, 4.69) is 77.9 Å². The first-order chi connectivity index (χ1) is 15.6. The molecule has 2 rings (SSSR count). The predicted molar refractivity (Wildman–Crippen MR) is 144 cm³/mol. The Morgan fingerprint density at radius 1 is 0.562 bits per heavy atom. The third kappa shape index (κ3) is 7.43. The number of hydrogen-bond donors (Lipinski definition) is 0. The maximum absolute atomic E-state index is 5.17. The van der Waals surface area contributed by atoms with Crippen LogP contribution >= 0.6 is 0 Å². The molecule has 0 saturated carbocycles. The minimum Gasteiger partial charge on any atom is -0.252 e. The maximum atomic E-state index is 5.17. The molecule has 2 nitrogen and oxygen atoms in total.